The number of hydrogen-bond donors (Lipinski definition) is 0. The van der Waals surface area contributed by atoms with Crippen molar-refractivity contribution in [1.82, 2.24) is 4.90 Å². The highest BCUT2D eigenvalue weighted by Gasteiger charge is 2.17. The van der Waals surface area contributed by atoms with Crippen LogP contribution in [-0.2, 0) is 9.53 Å². The van der Waals surface area contributed by atoms with Gasteiger partial charge in [0.15, 0.2) is 0 Å². The number of rotatable bonds is 6. The first kappa shape index (κ1) is 15.2. The highest BCUT2D eigenvalue weighted by atomic mass is 16.5. The summed E-state index contributed by atoms with van der Waals surface area (Å²) in [5.74, 6) is 0.903. The first-order valence-corrected chi connectivity index (χ1v) is 7.04. The molecule has 0 N–H and O–H groups in total. The molecule has 3 heteroatoms. The SMILES string of the molecule is COC(CC=CCC1CCCCC1)C(=O)N(C)C. The lowest BCUT2D eigenvalue weighted by Gasteiger charge is -2.20. The summed E-state index contributed by atoms with van der Waals surface area (Å²) in [6.45, 7) is 0. The molecule has 1 amide bonds. The van der Waals surface area contributed by atoms with Crippen molar-refractivity contribution < 1.29 is 9.53 Å². The summed E-state index contributed by atoms with van der Waals surface area (Å²) in [4.78, 5) is 13.3. The van der Waals surface area contributed by atoms with Crippen LogP contribution in [0.4, 0.5) is 0 Å². The van der Waals surface area contributed by atoms with Crippen LogP contribution >= 0.6 is 0 Å². The number of allylic oxidation sites excluding steroid dienone is 1. The molecule has 1 unspecified atom stereocenters. The van der Waals surface area contributed by atoms with Crippen LogP contribution in [0.15, 0.2) is 12.2 Å². The molecule has 1 aliphatic rings. The molecular weight excluding hydrogens is 226 g/mol. The van der Waals surface area contributed by atoms with Gasteiger partial charge in [-0.15, -0.1) is 0 Å². The van der Waals surface area contributed by atoms with E-state index in [9.17, 15) is 4.79 Å². The monoisotopic (exact) mass is 253 g/mol. The van der Waals surface area contributed by atoms with E-state index in [0.717, 1.165) is 12.3 Å². The van der Waals surface area contributed by atoms with Gasteiger partial charge in [0.2, 0.25) is 0 Å². The molecule has 0 aromatic carbocycles. The van der Waals surface area contributed by atoms with E-state index >= 15 is 0 Å². The van der Waals surface area contributed by atoms with Crippen molar-refractivity contribution >= 4 is 5.91 Å². The average Bonchev–Trinajstić information content (AvgIpc) is 2.39. The Balaban J connectivity index is 2.26. The molecule has 3 nitrogen and oxygen atoms in total. The first-order chi connectivity index (χ1) is 8.65. The number of hydrogen-bond acceptors (Lipinski definition) is 2. The van der Waals surface area contributed by atoms with Gasteiger partial charge in [0.05, 0.1) is 0 Å². The van der Waals surface area contributed by atoms with Gasteiger partial charge in [-0.3, -0.25) is 4.79 Å². The van der Waals surface area contributed by atoms with Crippen molar-refractivity contribution in [3.8, 4) is 0 Å². The van der Waals surface area contributed by atoms with Crippen LogP contribution in [0.1, 0.15) is 44.9 Å². The molecule has 0 saturated heterocycles. The van der Waals surface area contributed by atoms with E-state index < -0.39 is 0 Å². The minimum absolute atomic E-state index is 0.0415. The number of nitrogens with zero attached hydrogens (tertiary/aromatic N) is 1. The Bertz CT molecular complexity index is 268. The molecular formula is C15H27NO2. The Morgan fingerprint density at radius 2 is 1.94 bits per heavy atom. The van der Waals surface area contributed by atoms with E-state index in [4.69, 9.17) is 4.74 Å². The second-order valence-electron chi connectivity index (χ2n) is 5.40. The third kappa shape index (κ3) is 5.21. The molecule has 0 aliphatic heterocycles. The maximum Gasteiger partial charge on any atom is 0.251 e. The van der Waals surface area contributed by atoms with Gasteiger partial charge in [-0.2, -0.15) is 0 Å². The van der Waals surface area contributed by atoms with E-state index in [0.29, 0.717) is 6.42 Å². The molecule has 0 spiro atoms. The van der Waals surface area contributed by atoms with Crippen molar-refractivity contribution in [2.24, 2.45) is 5.92 Å². The fourth-order valence-electron chi connectivity index (χ4n) is 2.52. The van der Waals surface area contributed by atoms with Crippen LogP contribution in [0.25, 0.3) is 0 Å². The highest BCUT2D eigenvalue weighted by molar-refractivity contribution is 5.80. The molecule has 0 radical (unpaired) electrons. The number of carbonyl (C=O) groups excluding carboxylic acids is 1. The molecule has 1 atom stereocenters. The lowest BCUT2D eigenvalue weighted by atomic mass is 9.87. The third-order valence-electron chi connectivity index (χ3n) is 3.71. The summed E-state index contributed by atoms with van der Waals surface area (Å²) in [6.07, 6.45) is 12.8. The number of amides is 1. The maximum atomic E-state index is 11.7. The Kier molecular flexibility index (Phi) is 7.02. The van der Waals surface area contributed by atoms with Gasteiger partial charge in [-0.05, 0) is 12.3 Å². The largest absolute Gasteiger partial charge is 0.371 e. The Labute approximate surface area is 111 Å². The Hall–Kier alpha value is -0.830. The summed E-state index contributed by atoms with van der Waals surface area (Å²) in [7, 11) is 5.13. The van der Waals surface area contributed by atoms with E-state index in [1.165, 1.54) is 32.1 Å². The van der Waals surface area contributed by atoms with Gasteiger partial charge < -0.3 is 9.64 Å². The van der Waals surface area contributed by atoms with Crippen LogP contribution in [-0.4, -0.2) is 38.1 Å². The maximum absolute atomic E-state index is 11.7. The van der Waals surface area contributed by atoms with Crippen LogP contribution in [0.3, 0.4) is 0 Å². The van der Waals surface area contributed by atoms with Crippen molar-refractivity contribution in [2.45, 2.75) is 51.0 Å². The van der Waals surface area contributed by atoms with Gasteiger partial charge in [0, 0.05) is 27.6 Å². The van der Waals surface area contributed by atoms with Crippen molar-refractivity contribution in [1.29, 1.82) is 0 Å². The normalized spacial score (nSPS) is 19.1. The van der Waals surface area contributed by atoms with Crippen LogP contribution in [0, 0.1) is 5.92 Å². The fraction of sp³-hybridized carbons (Fsp3) is 0.800. The average molecular weight is 253 g/mol. The summed E-state index contributed by atoms with van der Waals surface area (Å²) in [5, 5.41) is 0. The van der Waals surface area contributed by atoms with Crippen LogP contribution < -0.4 is 0 Å². The zero-order valence-corrected chi connectivity index (χ0v) is 12.0. The molecule has 0 aromatic rings. The van der Waals surface area contributed by atoms with E-state index in [-0.39, 0.29) is 12.0 Å². The Morgan fingerprint density at radius 3 is 2.50 bits per heavy atom. The molecule has 18 heavy (non-hydrogen) atoms. The minimum atomic E-state index is -0.331. The van der Waals surface area contributed by atoms with Gasteiger partial charge in [0.25, 0.3) is 5.91 Å². The third-order valence-corrected chi connectivity index (χ3v) is 3.71. The molecule has 1 rings (SSSR count). The Morgan fingerprint density at radius 1 is 1.28 bits per heavy atom. The van der Waals surface area contributed by atoms with Gasteiger partial charge in [-0.1, -0.05) is 44.3 Å². The lowest BCUT2D eigenvalue weighted by molar-refractivity contribution is -0.139. The second kappa shape index (κ2) is 8.30. The van der Waals surface area contributed by atoms with Crippen molar-refractivity contribution in [2.75, 3.05) is 21.2 Å². The first-order valence-electron chi connectivity index (χ1n) is 7.04. The number of ether oxygens (including phenoxy) is 1. The molecule has 104 valence electrons. The van der Waals surface area contributed by atoms with Crippen molar-refractivity contribution in [3.05, 3.63) is 12.2 Å². The molecule has 0 bridgehead atoms. The minimum Gasteiger partial charge on any atom is -0.371 e. The van der Waals surface area contributed by atoms with E-state index in [1.807, 2.05) is 0 Å². The van der Waals surface area contributed by atoms with E-state index in [2.05, 4.69) is 12.2 Å². The smallest absolute Gasteiger partial charge is 0.251 e. The summed E-state index contributed by atoms with van der Waals surface area (Å²) in [5.41, 5.74) is 0. The van der Waals surface area contributed by atoms with Gasteiger partial charge >= 0.3 is 0 Å². The van der Waals surface area contributed by atoms with Gasteiger partial charge in [0.1, 0.15) is 6.10 Å². The lowest BCUT2D eigenvalue weighted by Crippen LogP contribution is -2.34. The quantitative estimate of drug-likeness (QED) is 0.681. The number of methoxy groups -OCH3 is 1. The molecule has 0 aromatic heterocycles. The van der Waals surface area contributed by atoms with Crippen molar-refractivity contribution in [3.63, 3.8) is 0 Å². The zero-order valence-electron chi connectivity index (χ0n) is 12.0. The molecule has 1 saturated carbocycles. The molecule has 1 fully saturated rings. The molecule has 1 aliphatic carbocycles. The fourth-order valence-corrected chi connectivity index (χ4v) is 2.52. The zero-order chi connectivity index (χ0) is 13.4. The summed E-state index contributed by atoms with van der Waals surface area (Å²) >= 11 is 0. The van der Waals surface area contributed by atoms with Crippen LogP contribution in [0.2, 0.25) is 0 Å². The highest BCUT2D eigenvalue weighted by Crippen LogP contribution is 2.26. The number of carbonyl (C=O) groups is 1. The second-order valence-corrected chi connectivity index (χ2v) is 5.40. The topological polar surface area (TPSA) is 29.5 Å². The van der Waals surface area contributed by atoms with Crippen LogP contribution in [0.5, 0.6) is 0 Å². The molecule has 0 heterocycles. The summed E-state index contributed by atoms with van der Waals surface area (Å²) < 4.78 is 5.22. The standard InChI is InChI=1S/C15H27NO2/c1-16(2)15(17)14(18-3)12-8-7-11-13-9-5-4-6-10-13/h7-8,13-14H,4-6,9-12H2,1-3H3. The van der Waals surface area contributed by atoms with Gasteiger partial charge in [-0.25, -0.2) is 0 Å². The number of likely N-dealkylation sites (N-methyl/N-ethyl adjacent to an activating group) is 1. The van der Waals surface area contributed by atoms with E-state index in [1.54, 1.807) is 26.1 Å². The summed E-state index contributed by atoms with van der Waals surface area (Å²) in [6, 6.07) is 0. The predicted molar refractivity (Wildman–Crippen MR) is 74.4 cm³/mol. The predicted octanol–water partition coefficient (Wildman–Crippen LogP) is 3.01.